The minimum Gasteiger partial charge on any atom is -0.367 e. The van der Waals surface area contributed by atoms with Crippen LogP contribution in [-0.2, 0) is 6.42 Å². The minimum atomic E-state index is 0.396. The predicted octanol–water partition coefficient (Wildman–Crippen LogP) is 3.07. The van der Waals surface area contributed by atoms with Gasteiger partial charge < -0.3 is 10.3 Å². The first-order valence-corrected chi connectivity index (χ1v) is 6.60. The fraction of sp³-hybridized carbons (Fsp3) is 0.267. The van der Waals surface area contributed by atoms with Gasteiger partial charge in [0.05, 0.1) is 11.0 Å². The number of nitrogens with zero attached hydrogens (tertiary/aromatic N) is 3. The van der Waals surface area contributed by atoms with Crippen LogP contribution in [0, 0.1) is 5.92 Å². The van der Waals surface area contributed by atoms with Crippen molar-refractivity contribution in [3.05, 3.63) is 36.2 Å². The molecule has 3 aromatic rings. The van der Waals surface area contributed by atoms with E-state index in [1.54, 1.807) is 12.4 Å². The average Bonchev–Trinajstić information content (AvgIpc) is 2.79. The Balaban J connectivity index is 2.11. The summed E-state index contributed by atoms with van der Waals surface area (Å²) >= 11 is 0. The maximum absolute atomic E-state index is 5.88. The van der Waals surface area contributed by atoms with E-state index in [-0.39, 0.29) is 0 Å². The molecule has 0 saturated carbocycles. The highest BCUT2D eigenvalue weighted by Crippen LogP contribution is 2.30. The molecule has 0 saturated heterocycles. The van der Waals surface area contributed by atoms with Crippen LogP contribution >= 0.6 is 0 Å². The lowest BCUT2D eigenvalue weighted by molar-refractivity contribution is 0.438. The number of rotatable bonds is 3. The van der Waals surface area contributed by atoms with E-state index in [9.17, 15) is 0 Å². The van der Waals surface area contributed by atoms with Crippen LogP contribution in [0.25, 0.3) is 22.3 Å². The van der Waals surface area contributed by atoms with Crippen LogP contribution in [0.15, 0.2) is 35.1 Å². The molecule has 5 heteroatoms. The maximum Gasteiger partial charge on any atom is 0.225 e. The predicted molar refractivity (Wildman–Crippen MR) is 78.0 cm³/mol. The van der Waals surface area contributed by atoms with Crippen LogP contribution in [0.5, 0.6) is 0 Å². The number of fused-ring (bicyclic) bond motifs is 1. The zero-order valence-corrected chi connectivity index (χ0v) is 11.5. The first-order valence-electron chi connectivity index (χ1n) is 6.60. The molecule has 2 heterocycles. The quantitative estimate of drug-likeness (QED) is 0.789. The highest BCUT2D eigenvalue weighted by atomic mass is 16.5. The molecule has 2 aromatic heterocycles. The summed E-state index contributed by atoms with van der Waals surface area (Å²) in [4.78, 5) is 8.57. The number of aromatic nitrogens is 3. The Morgan fingerprint density at radius 3 is 2.65 bits per heavy atom. The van der Waals surface area contributed by atoms with E-state index in [1.807, 2.05) is 18.2 Å². The van der Waals surface area contributed by atoms with Crippen molar-refractivity contribution < 1.29 is 4.52 Å². The van der Waals surface area contributed by atoms with Crippen molar-refractivity contribution in [3.8, 4) is 11.3 Å². The normalized spacial score (nSPS) is 11.3. The zero-order valence-electron chi connectivity index (χ0n) is 11.5. The molecular weight excluding hydrogens is 252 g/mol. The standard InChI is InChI=1S/C15H16N4O/c1-9(2)7-11-14(19-20-15(11)16)10-3-4-12-13(8-10)18-6-5-17-12/h3-6,8-9H,7,16H2,1-2H3. The minimum absolute atomic E-state index is 0.396. The van der Waals surface area contributed by atoms with Gasteiger partial charge >= 0.3 is 0 Å². The van der Waals surface area contributed by atoms with Gasteiger partial charge in [-0.3, -0.25) is 9.97 Å². The topological polar surface area (TPSA) is 77.8 Å². The molecule has 5 nitrogen and oxygen atoms in total. The summed E-state index contributed by atoms with van der Waals surface area (Å²) in [5.74, 6) is 0.878. The molecule has 2 N–H and O–H groups in total. The molecule has 20 heavy (non-hydrogen) atoms. The Morgan fingerprint density at radius 2 is 1.90 bits per heavy atom. The van der Waals surface area contributed by atoms with Crippen molar-refractivity contribution in [2.75, 3.05) is 5.73 Å². The Kier molecular flexibility index (Phi) is 3.10. The Bertz CT molecular complexity index is 748. The zero-order chi connectivity index (χ0) is 14.1. The maximum atomic E-state index is 5.88. The van der Waals surface area contributed by atoms with E-state index in [2.05, 4.69) is 29.0 Å². The Hall–Kier alpha value is -2.43. The summed E-state index contributed by atoms with van der Waals surface area (Å²) in [7, 11) is 0. The molecule has 0 aliphatic carbocycles. The first kappa shape index (κ1) is 12.6. The summed E-state index contributed by atoms with van der Waals surface area (Å²) in [5.41, 5.74) is 10.3. The van der Waals surface area contributed by atoms with Crippen molar-refractivity contribution in [2.24, 2.45) is 5.92 Å². The molecule has 0 fully saturated rings. The number of hydrogen-bond donors (Lipinski definition) is 1. The van der Waals surface area contributed by atoms with Gasteiger partial charge in [0.1, 0.15) is 5.69 Å². The van der Waals surface area contributed by atoms with E-state index in [0.29, 0.717) is 11.8 Å². The van der Waals surface area contributed by atoms with Crippen LogP contribution in [0.4, 0.5) is 5.88 Å². The second-order valence-corrected chi connectivity index (χ2v) is 5.23. The fourth-order valence-electron chi connectivity index (χ4n) is 2.26. The van der Waals surface area contributed by atoms with Crippen LogP contribution in [0.3, 0.4) is 0 Å². The van der Waals surface area contributed by atoms with Crippen molar-refractivity contribution in [1.29, 1.82) is 0 Å². The molecular formula is C15H16N4O. The van der Waals surface area contributed by atoms with Crippen molar-refractivity contribution in [1.82, 2.24) is 15.1 Å². The van der Waals surface area contributed by atoms with Crippen LogP contribution < -0.4 is 5.73 Å². The molecule has 0 radical (unpaired) electrons. The van der Waals surface area contributed by atoms with Gasteiger partial charge in [0, 0.05) is 23.5 Å². The summed E-state index contributed by atoms with van der Waals surface area (Å²) in [5, 5.41) is 4.10. The molecule has 0 unspecified atom stereocenters. The van der Waals surface area contributed by atoms with Crippen LogP contribution in [0.1, 0.15) is 19.4 Å². The second-order valence-electron chi connectivity index (χ2n) is 5.23. The van der Waals surface area contributed by atoms with E-state index >= 15 is 0 Å². The molecule has 0 atom stereocenters. The smallest absolute Gasteiger partial charge is 0.225 e. The molecule has 0 bridgehead atoms. The summed E-state index contributed by atoms with van der Waals surface area (Å²) in [6.45, 7) is 4.28. The summed E-state index contributed by atoms with van der Waals surface area (Å²) < 4.78 is 5.15. The molecule has 102 valence electrons. The molecule has 3 rings (SSSR count). The number of hydrogen-bond acceptors (Lipinski definition) is 5. The summed E-state index contributed by atoms with van der Waals surface area (Å²) in [6, 6.07) is 5.86. The lowest BCUT2D eigenvalue weighted by Gasteiger charge is -2.05. The van der Waals surface area contributed by atoms with E-state index in [0.717, 1.165) is 34.3 Å². The van der Waals surface area contributed by atoms with Gasteiger partial charge in [-0.2, -0.15) is 0 Å². The molecule has 1 aromatic carbocycles. The first-order chi connectivity index (χ1) is 9.65. The SMILES string of the molecule is CC(C)Cc1c(-c2ccc3nccnc3c2)noc1N. The average molecular weight is 268 g/mol. The van der Waals surface area contributed by atoms with Gasteiger partial charge in [-0.15, -0.1) is 0 Å². The fourth-order valence-corrected chi connectivity index (χ4v) is 2.26. The van der Waals surface area contributed by atoms with Crippen LogP contribution in [0.2, 0.25) is 0 Å². The molecule has 0 aliphatic rings. The van der Waals surface area contributed by atoms with E-state index < -0.39 is 0 Å². The number of benzene rings is 1. The largest absolute Gasteiger partial charge is 0.367 e. The van der Waals surface area contributed by atoms with Gasteiger partial charge in [-0.1, -0.05) is 25.1 Å². The molecule has 0 aliphatic heterocycles. The summed E-state index contributed by atoms with van der Waals surface area (Å²) in [6.07, 6.45) is 4.20. The Labute approximate surface area is 116 Å². The lowest BCUT2D eigenvalue weighted by Crippen LogP contribution is -1.98. The number of nitrogen functional groups attached to an aromatic ring is 1. The highest BCUT2D eigenvalue weighted by molar-refractivity contribution is 5.81. The van der Waals surface area contributed by atoms with E-state index in [4.69, 9.17) is 10.3 Å². The third-order valence-corrected chi connectivity index (χ3v) is 3.17. The molecule has 0 spiro atoms. The van der Waals surface area contributed by atoms with Gasteiger partial charge in [0.15, 0.2) is 0 Å². The van der Waals surface area contributed by atoms with Gasteiger partial charge in [0.25, 0.3) is 0 Å². The highest BCUT2D eigenvalue weighted by Gasteiger charge is 2.17. The monoisotopic (exact) mass is 268 g/mol. The third kappa shape index (κ3) is 2.22. The van der Waals surface area contributed by atoms with Gasteiger partial charge in [-0.25, -0.2) is 0 Å². The lowest BCUT2D eigenvalue weighted by atomic mass is 9.99. The van der Waals surface area contributed by atoms with Crippen LogP contribution in [-0.4, -0.2) is 15.1 Å². The molecule has 0 amide bonds. The number of nitrogens with two attached hydrogens (primary N) is 1. The van der Waals surface area contributed by atoms with Gasteiger partial charge in [-0.05, 0) is 24.5 Å². The second kappa shape index (κ2) is 4.92. The van der Waals surface area contributed by atoms with Crippen molar-refractivity contribution in [2.45, 2.75) is 20.3 Å². The number of anilines is 1. The van der Waals surface area contributed by atoms with Gasteiger partial charge in [0.2, 0.25) is 5.88 Å². The Morgan fingerprint density at radius 1 is 1.15 bits per heavy atom. The van der Waals surface area contributed by atoms with E-state index in [1.165, 1.54) is 0 Å². The van der Waals surface area contributed by atoms with Crippen molar-refractivity contribution in [3.63, 3.8) is 0 Å². The van der Waals surface area contributed by atoms with Crippen molar-refractivity contribution >= 4 is 16.9 Å². The third-order valence-electron chi connectivity index (χ3n) is 3.17.